The number of halogens is 3. The van der Waals surface area contributed by atoms with E-state index in [2.05, 4.69) is 75.5 Å². The largest absolute Gasteiger partial charge is 0.463 e. The van der Waals surface area contributed by atoms with Crippen molar-refractivity contribution >= 4 is 53.8 Å². The lowest BCUT2D eigenvalue weighted by molar-refractivity contribution is -0.162. The molecule has 0 aliphatic heterocycles. The van der Waals surface area contributed by atoms with Crippen LogP contribution in [0.25, 0.3) is 0 Å². The zero-order chi connectivity index (χ0) is 20.0. The smallest absolute Gasteiger partial charge is 0.344 e. The van der Waals surface area contributed by atoms with Gasteiger partial charge in [0, 0.05) is 5.41 Å². The van der Waals surface area contributed by atoms with Crippen LogP contribution in [0.4, 0.5) is 0 Å². The molecule has 3 rings (SSSR count). The summed E-state index contributed by atoms with van der Waals surface area (Å²) in [6.07, 6.45) is 10.7. The quantitative estimate of drug-likeness (QED) is 0.257. The standard InChI is InChI=1S/C22H35Br3O2/c1-14(2)15-6-8-17-16(12-15)7-9-18-20(3,10-5-11-21(17,18)4)13-27-19(26)22(23,24)25/h14-18H,5-13H2,1-4H3. The molecule has 0 amide bonds. The van der Waals surface area contributed by atoms with E-state index in [0.29, 0.717) is 17.9 Å². The fraction of sp³-hybridized carbons (Fsp3) is 0.955. The highest BCUT2D eigenvalue weighted by Crippen LogP contribution is 2.64. The molecular formula is C22H35Br3O2. The number of ether oxygens (including phenoxy) is 1. The van der Waals surface area contributed by atoms with E-state index in [9.17, 15) is 4.79 Å². The predicted octanol–water partition coefficient (Wildman–Crippen LogP) is 7.66. The van der Waals surface area contributed by atoms with Crippen LogP contribution in [0.1, 0.15) is 79.1 Å². The number of carbonyl (C=O) groups excluding carboxylic acids is 1. The molecule has 156 valence electrons. The Morgan fingerprint density at radius 3 is 2.44 bits per heavy atom. The van der Waals surface area contributed by atoms with E-state index in [1.54, 1.807) is 0 Å². The third-order valence-electron chi connectivity index (χ3n) is 8.50. The SMILES string of the molecule is CC(C)C1CCC2C(CCC3C(C)(COC(=O)C(Br)(Br)Br)CCCC23C)C1. The minimum absolute atomic E-state index is 0.0980. The second-order valence-electron chi connectivity index (χ2n) is 10.4. The highest BCUT2D eigenvalue weighted by Gasteiger charge is 2.57. The molecule has 5 heteroatoms. The zero-order valence-electron chi connectivity index (χ0n) is 17.2. The summed E-state index contributed by atoms with van der Waals surface area (Å²) in [5, 5.41) is 0. The van der Waals surface area contributed by atoms with E-state index >= 15 is 0 Å². The molecule has 6 atom stereocenters. The van der Waals surface area contributed by atoms with Gasteiger partial charge in [-0.1, -0.05) is 34.1 Å². The first-order chi connectivity index (χ1) is 12.5. The zero-order valence-corrected chi connectivity index (χ0v) is 22.0. The van der Waals surface area contributed by atoms with Crippen molar-refractivity contribution in [2.24, 2.45) is 40.4 Å². The Bertz CT molecular complexity index is 558. The summed E-state index contributed by atoms with van der Waals surface area (Å²) in [5.41, 5.74) is 0.513. The summed E-state index contributed by atoms with van der Waals surface area (Å²) >= 11 is 9.86. The van der Waals surface area contributed by atoms with Gasteiger partial charge in [-0.05, 0) is 128 Å². The fourth-order valence-corrected chi connectivity index (χ4v) is 7.44. The van der Waals surface area contributed by atoms with Crippen LogP contribution in [0.5, 0.6) is 0 Å². The predicted molar refractivity (Wildman–Crippen MR) is 122 cm³/mol. The number of carbonyl (C=O) groups is 1. The summed E-state index contributed by atoms with van der Waals surface area (Å²) in [5.74, 6) is 3.90. The van der Waals surface area contributed by atoms with Crippen molar-refractivity contribution in [3.05, 3.63) is 0 Å². The molecule has 0 bridgehead atoms. The number of esters is 1. The van der Waals surface area contributed by atoms with Gasteiger partial charge < -0.3 is 4.74 Å². The van der Waals surface area contributed by atoms with Crippen LogP contribution in [0, 0.1) is 40.4 Å². The van der Waals surface area contributed by atoms with Gasteiger partial charge in [-0.25, -0.2) is 4.79 Å². The van der Waals surface area contributed by atoms with Crippen LogP contribution in [-0.2, 0) is 9.53 Å². The second kappa shape index (κ2) is 8.21. The van der Waals surface area contributed by atoms with Gasteiger partial charge in [0.25, 0.3) is 0 Å². The molecule has 0 aromatic heterocycles. The van der Waals surface area contributed by atoms with Crippen LogP contribution in [0.3, 0.4) is 0 Å². The van der Waals surface area contributed by atoms with E-state index in [1.807, 2.05) is 0 Å². The van der Waals surface area contributed by atoms with Gasteiger partial charge in [0.2, 0.25) is 2.14 Å². The highest BCUT2D eigenvalue weighted by molar-refractivity contribution is 9.40. The van der Waals surface area contributed by atoms with E-state index in [1.165, 1.54) is 51.4 Å². The van der Waals surface area contributed by atoms with E-state index in [0.717, 1.165) is 23.7 Å². The summed E-state index contributed by atoms with van der Waals surface area (Å²) in [6, 6.07) is 0. The summed E-state index contributed by atoms with van der Waals surface area (Å²) in [6.45, 7) is 10.3. The van der Waals surface area contributed by atoms with Crippen molar-refractivity contribution in [2.75, 3.05) is 6.61 Å². The lowest BCUT2D eigenvalue weighted by atomic mass is 9.44. The molecule has 6 unspecified atom stereocenters. The van der Waals surface area contributed by atoms with Crippen LogP contribution < -0.4 is 0 Å². The van der Waals surface area contributed by atoms with Gasteiger partial charge in [0.15, 0.2) is 0 Å². The average molecular weight is 571 g/mol. The van der Waals surface area contributed by atoms with Crippen LogP contribution in [0.2, 0.25) is 0 Å². The second-order valence-corrected chi connectivity index (χ2v) is 17.2. The molecule has 3 aliphatic carbocycles. The topological polar surface area (TPSA) is 26.3 Å². The molecule has 27 heavy (non-hydrogen) atoms. The van der Waals surface area contributed by atoms with E-state index < -0.39 is 2.14 Å². The molecule has 0 saturated heterocycles. The summed E-state index contributed by atoms with van der Waals surface area (Å²) in [7, 11) is 0. The number of hydrogen-bond acceptors (Lipinski definition) is 2. The average Bonchev–Trinajstić information content (AvgIpc) is 2.58. The Morgan fingerprint density at radius 2 is 1.81 bits per heavy atom. The molecule has 0 heterocycles. The summed E-state index contributed by atoms with van der Waals surface area (Å²) in [4.78, 5) is 12.3. The Balaban J connectivity index is 1.74. The van der Waals surface area contributed by atoms with Crippen molar-refractivity contribution in [1.82, 2.24) is 0 Å². The molecule has 0 aromatic carbocycles. The molecule has 3 aliphatic rings. The lowest BCUT2D eigenvalue weighted by Crippen LogP contribution is -2.55. The van der Waals surface area contributed by atoms with Crippen molar-refractivity contribution in [1.29, 1.82) is 0 Å². The Hall–Kier alpha value is 0.910. The molecular weight excluding hydrogens is 536 g/mol. The number of fused-ring (bicyclic) bond motifs is 3. The maximum atomic E-state index is 12.3. The maximum absolute atomic E-state index is 12.3. The highest BCUT2D eigenvalue weighted by atomic mass is 80.0. The minimum Gasteiger partial charge on any atom is -0.463 e. The van der Waals surface area contributed by atoms with Gasteiger partial charge >= 0.3 is 5.97 Å². The Morgan fingerprint density at radius 1 is 1.11 bits per heavy atom. The molecule has 3 fully saturated rings. The monoisotopic (exact) mass is 568 g/mol. The van der Waals surface area contributed by atoms with Gasteiger partial charge in [-0.15, -0.1) is 0 Å². The molecule has 0 aromatic rings. The number of alkyl halides is 3. The third kappa shape index (κ3) is 4.50. The van der Waals surface area contributed by atoms with Crippen molar-refractivity contribution in [3.63, 3.8) is 0 Å². The van der Waals surface area contributed by atoms with E-state index in [-0.39, 0.29) is 11.4 Å². The molecule has 3 saturated carbocycles. The Labute approximate surface area is 190 Å². The molecule has 0 spiro atoms. The Kier molecular flexibility index (Phi) is 6.87. The number of rotatable bonds is 3. The van der Waals surface area contributed by atoms with Crippen LogP contribution in [0.15, 0.2) is 0 Å². The first-order valence-electron chi connectivity index (χ1n) is 10.7. The summed E-state index contributed by atoms with van der Waals surface area (Å²) < 4.78 is 4.78. The van der Waals surface area contributed by atoms with Crippen molar-refractivity contribution in [3.8, 4) is 0 Å². The minimum atomic E-state index is -0.964. The van der Waals surface area contributed by atoms with Crippen LogP contribution in [-0.4, -0.2) is 14.7 Å². The van der Waals surface area contributed by atoms with Crippen molar-refractivity contribution < 1.29 is 9.53 Å². The van der Waals surface area contributed by atoms with Gasteiger partial charge in [-0.3, -0.25) is 0 Å². The molecule has 0 N–H and O–H groups in total. The van der Waals surface area contributed by atoms with Gasteiger partial charge in [0.05, 0.1) is 6.61 Å². The molecule has 0 radical (unpaired) electrons. The van der Waals surface area contributed by atoms with Gasteiger partial charge in [0.1, 0.15) is 0 Å². The first kappa shape index (κ1) is 22.6. The van der Waals surface area contributed by atoms with E-state index in [4.69, 9.17) is 4.74 Å². The first-order valence-corrected chi connectivity index (χ1v) is 13.1. The lowest BCUT2D eigenvalue weighted by Gasteiger charge is -2.61. The fourth-order valence-electron chi connectivity index (χ4n) is 7.10. The maximum Gasteiger partial charge on any atom is 0.344 e. The molecule has 2 nitrogen and oxygen atoms in total. The number of hydrogen-bond donors (Lipinski definition) is 0. The van der Waals surface area contributed by atoms with Gasteiger partial charge in [-0.2, -0.15) is 0 Å². The van der Waals surface area contributed by atoms with Crippen molar-refractivity contribution in [2.45, 2.75) is 81.2 Å². The third-order valence-corrected chi connectivity index (χ3v) is 9.48. The van der Waals surface area contributed by atoms with Crippen LogP contribution >= 0.6 is 47.8 Å². The normalized spacial score (nSPS) is 42.4.